The van der Waals surface area contributed by atoms with Gasteiger partial charge in [-0.25, -0.2) is 4.39 Å². The molecule has 5 nitrogen and oxygen atoms in total. The maximum atomic E-state index is 14.2. The molecule has 0 spiro atoms. The number of hydrogen-bond acceptors (Lipinski definition) is 3. The summed E-state index contributed by atoms with van der Waals surface area (Å²) < 4.78 is 19.7. The number of carbonyl (C=O) groups is 2. The average Bonchev–Trinajstić information content (AvgIpc) is 3.50. The molecule has 1 saturated carbocycles. The van der Waals surface area contributed by atoms with E-state index in [0.29, 0.717) is 49.4 Å². The summed E-state index contributed by atoms with van der Waals surface area (Å²) in [5.74, 6) is -0.677. The van der Waals surface area contributed by atoms with E-state index in [1.807, 2.05) is 6.92 Å². The topological polar surface area (TPSA) is 58.6 Å². The molecule has 1 atom stereocenters. The van der Waals surface area contributed by atoms with Gasteiger partial charge in [0.1, 0.15) is 5.82 Å². The summed E-state index contributed by atoms with van der Waals surface area (Å²) in [7, 11) is 0. The molecule has 1 aliphatic heterocycles. The SMILES string of the molecule is CC1CN(C(=O)c2cccc(NC(=O)C3(c4ccccc4F)CC3)c2)CCO1. The highest BCUT2D eigenvalue weighted by atomic mass is 19.1. The molecule has 6 heteroatoms. The van der Waals surface area contributed by atoms with Crippen LogP contribution in [0.25, 0.3) is 0 Å². The monoisotopic (exact) mass is 382 g/mol. The van der Waals surface area contributed by atoms with Gasteiger partial charge in [-0.05, 0) is 44.0 Å². The minimum absolute atomic E-state index is 0.0103. The molecule has 0 radical (unpaired) electrons. The quantitative estimate of drug-likeness (QED) is 0.882. The van der Waals surface area contributed by atoms with Gasteiger partial charge in [-0.3, -0.25) is 9.59 Å². The Bertz CT molecular complexity index is 910. The van der Waals surface area contributed by atoms with Crippen LogP contribution in [-0.2, 0) is 14.9 Å². The lowest BCUT2D eigenvalue weighted by Crippen LogP contribution is -2.44. The van der Waals surface area contributed by atoms with Gasteiger partial charge in [0.2, 0.25) is 5.91 Å². The van der Waals surface area contributed by atoms with E-state index < -0.39 is 5.41 Å². The summed E-state index contributed by atoms with van der Waals surface area (Å²) in [5, 5.41) is 2.88. The molecule has 146 valence electrons. The highest BCUT2D eigenvalue weighted by molar-refractivity contribution is 6.02. The number of ether oxygens (including phenoxy) is 1. The molecule has 1 aliphatic carbocycles. The smallest absolute Gasteiger partial charge is 0.254 e. The largest absolute Gasteiger partial charge is 0.375 e. The Balaban J connectivity index is 1.50. The maximum Gasteiger partial charge on any atom is 0.254 e. The Hall–Kier alpha value is -2.73. The third kappa shape index (κ3) is 3.52. The van der Waals surface area contributed by atoms with Crippen LogP contribution in [0.5, 0.6) is 0 Å². The summed E-state index contributed by atoms with van der Waals surface area (Å²) in [6.45, 7) is 3.56. The van der Waals surface area contributed by atoms with Gasteiger partial charge < -0.3 is 15.0 Å². The van der Waals surface area contributed by atoms with Crippen molar-refractivity contribution in [1.29, 1.82) is 0 Å². The number of morpholine rings is 1. The zero-order valence-electron chi connectivity index (χ0n) is 15.8. The van der Waals surface area contributed by atoms with Gasteiger partial charge in [0, 0.05) is 29.9 Å². The molecule has 1 saturated heterocycles. The predicted molar refractivity (Wildman–Crippen MR) is 104 cm³/mol. The van der Waals surface area contributed by atoms with E-state index in [-0.39, 0.29) is 23.7 Å². The van der Waals surface area contributed by atoms with E-state index in [9.17, 15) is 14.0 Å². The van der Waals surface area contributed by atoms with Crippen molar-refractivity contribution in [3.05, 3.63) is 65.5 Å². The van der Waals surface area contributed by atoms with Gasteiger partial charge in [-0.1, -0.05) is 24.3 Å². The molecule has 1 N–H and O–H groups in total. The van der Waals surface area contributed by atoms with Gasteiger partial charge in [-0.15, -0.1) is 0 Å². The van der Waals surface area contributed by atoms with E-state index >= 15 is 0 Å². The third-order valence-corrected chi connectivity index (χ3v) is 5.47. The molecular weight excluding hydrogens is 359 g/mol. The van der Waals surface area contributed by atoms with Gasteiger partial charge in [0.15, 0.2) is 0 Å². The van der Waals surface area contributed by atoms with E-state index in [4.69, 9.17) is 4.74 Å². The summed E-state index contributed by atoms with van der Waals surface area (Å²) >= 11 is 0. The number of amides is 2. The second kappa shape index (κ2) is 7.36. The van der Waals surface area contributed by atoms with Crippen molar-refractivity contribution in [3.8, 4) is 0 Å². The van der Waals surface area contributed by atoms with Gasteiger partial charge in [0.25, 0.3) is 5.91 Å². The molecule has 1 unspecified atom stereocenters. The molecule has 1 heterocycles. The van der Waals surface area contributed by atoms with Crippen molar-refractivity contribution >= 4 is 17.5 Å². The van der Waals surface area contributed by atoms with Gasteiger partial charge in [-0.2, -0.15) is 0 Å². The van der Waals surface area contributed by atoms with Crippen LogP contribution in [0, 0.1) is 5.82 Å². The van der Waals surface area contributed by atoms with Crippen LogP contribution >= 0.6 is 0 Å². The Kier molecular flexibility index (Phi) is 4.89. The summed E-state index contributed by atoms with van der Waals surface area (Å²) in [6, 6.07) is 13.3. The number of benzene rings is 2. The molecule has 0 aromatic heterocycles. The molecule has 2 aromatic rings. The average molecular weight is 382 g/mol. The second-order valence-electron chi connectivity index (χ2n) is 7.53. The van der Waals surface area contributed by atoms with E-state index in [0.717, 1.165) is 0 Å². The van der Waals surface area contributed by atoms with E-state index in [2.05, 4.69) is 5.32 Å². The van der Waals surface area contributed by atoms with E-state index in [1.54, 1.807) is 47.4 Å². The lowest BCUT2D eigenvalue weighted by atomic mass is 9.94. The first-order valence-electron chi connectivity index (χ1n) is 9.57. The normalized spacial score (nSPS) is 20.5. The Labute approximate surface area is 163 Å². The number of nitrogens with one attached hydrogen (secondary N) is 1. The highest BCUT2D eigenvalue weighted by Crippen LogP contribution is 2.49. The fraction of sp³-hybridized carbons (Fsp3) is 0.364. The molecule has 2 amide bonds. The molecule has 2 fully saturated rings. The number of anilines is 1. The van der Waals surface area contributed by atoms with Crippen LogP contribution in [0.1, 0.15) is 35.7 Å². The first-order chi connectivity index (χ1) is 13.5. The van der Waals surface area contributed by atoms with Crippen molar-refractivity contribution < 1.29 is 18.7 Å². The van der Waals surface area contributed by atoms with E-state index in [1.165, 1.54) is 6.07 Å². The van der Waals surface area contributed by atoms with Crippen LogP contribution in [0.15, 0.2) is 48.5 Å². The minimum atomic E-state index is -0.814. The lowest BCUT2D eigenvalue weighted by molar-refractivity contribution is -0.118. The number of rotatable bonds is 4. The summed E-state index contributed by atoms with van der Waals surface area (Å²) in [4.78, 5) is 27.4. The third-order valence-electron chi connectivity index (χ3n) is 5.47. The van der Waals surface area contributed by atoms with Crippen LogP contribution in [0.2, 0.25) is 0 Å². The molecule has 2 aliphatic rings. The van der Waals surface area contributed by atoms with Crippen molar-refractivity contribution in [1.82, 2.24) is 4.90 Å². The molecule has 2 aromatic carbocycles. The van der Waals surface area contributed by atoms with Crippen LogP contribution in [-0.4, -0.2) is 42.5 Å². The van der Waals surface area contributed by atoms with Gasteiger partial charge >= 0.3 is 0 Å². The van der Waals surface area contributed by atoms with Crippen molar-refractivity contribution in [2.45, 2.75) is 31.3 Å². The first kappa shape index (κ1) is 18.6. The van der Waals surface area contributed by atoms with Crippen LogP contribution < -0.4 is 5.32 Å². The van der Waals surface area contributed by atoms with Crippen molar-refractivity contribution in [3.63, 3.8) is 0 Å². The second-order valence-corrected chi connectivity index (χ2v) is 7.53. The highest BCUT2D eigenvalue weighted by Gasteiger charge is 2.52. The van der Waals surface area contributed by atoms with Crippen LogP contribution in [0.4, 0.5) is 10.1 Å². The lowest BCUT2D eigenvalue weighted by Gasteiger charge is -2.31. The summed E-state index contributed by atoms with van der Waals surface area (Å²) in [6.07, 6.45) is 1.24. The molecule has 0 bridgehead atoms. The predicted octanol–water partition coefficient (Wildman–Crippen LogP) is 3.36. The first-order valence-corrected chi connectivity index (χ1v) is 9.57. The Morgan fingerprint density at radius 2 is 1.96 bits per heavy atom. The number of halogens is 1. The molecular formula is C22H23FN2O3. The van der Waals surface area contributed by atoms with Gasteiger partial charge in [0.05, 0.1) is 18.1 Å². The Morgan fingerprint density at radius 3 is 2.68 bits per heavy atom. The fourth-order valence-corrected chi connectivity index (χ4v) is 3.76. The van der Waals surface area contributed by atoms with Crippen molar-refractivity contribution in [2.24, 2.45) is 0 Å². The zero-order chi connectivity index (χ0) is 19.7. The number of hydrogen-bond donors (Lipinski definition) is 1. The Morgan fingerprint density at radius 1 is 1.18 bits per heavy atom. The molecule has 4 rings (SSSR count). The zero-order valence-corrected chi connectivity index (χ0v) is 15.8. The standard InChI is InChI=1S/C22H23FN2O3/c1-15-14-25(11-12-28-15)20(26)16-5-4-6-17(13-16)24-21(27)22(9-10-22)18-7-2-3-8-19(18)23/h2-8,13,15H,9-12,14H2,1H3,(H,24,27). The minimum Gasteiger partial charge on any atom is -0.375 e. The van der Waals surface area contributed by atoms with Crippen LogP contribution in [0.3, 0.4) is 0 Å². The van der Waals surface area contributed by atoms with Crippen molar-refractivity contribution in [2.75, 3.05) is 25.0 Å². The molecule has 28 heavy (non-hydrogen) atoms. The number of nitrogens with zero attached hydrogens (tertiary/aromatic N) is 1. The number of carbonyl (C=O) groups excluding carboxylic acids is 2. The summed E-state index contributed by atoms with van der Waals surface area (Å²) in [5.41, 5.74) is 0.676. The maximum absolute atomic E-state index is 14.2. The fourth-order valence-electron chi connectivity index (χ4n) is 3.76.